The number of nitrogens with zero attached hydrogens (tertiary/aromatic N) is 3. The van der Waals surface area contributed by atoms with E-state index in [1.807, 2.05) is 31.5 Å². The topological polar surface area (TPSA) is 50.7 Å². The third kappa shape index (κ3) is 4.10. The number of pyridine rings is 1. The fraction of sp³-hybridized carbons (Fsp3) is 0.400. The SMILES string of the molecule is Cc1ccnc(-c2ncc(CNCC(C)C)cn2)c1. The van der Waals surface area contributed by atoms with E-state index >= 15 is 0 Å². The molecule has 2 rings (SSSR count). The van der Waals surface area contributed by atoms with Crippen LogP contribution in [0, 0.1) is 12.8 Å². The van der Waals surface area contributed by atoms with Gasteiger partial charge in [-0.1, -0.05) is 13.8 Å². The first-order valence-electron chi connectivity index (χ1n) is 6.60. The van der Waals surface area contributed by atoms with Crippen LogP contribution in [0.4, 0.5) is 0 Å². The number of hydrogen-bond acceptors (Lipinski definition) is 4. The Hall–Kier alpha value is -1.81. The van der Waals surface area contributed by atoms with Gasteiger partial charge in [0.25, 0.3) is 0 Å². The van der Waals surface area contributed by atoms with Gasteiger partial charge < -0.3 is 5.32 Å². The number of rotatable bonds is 5. The normalized spacial score (nSPS) is 10.9. The first kappa shape index (κ1) is 13.6. The summed E-state index contributed by atoms with van der Waals surface area (Å²) < 4.78 is 0. The summed E-state index contributed by atoms with van der Waals surface area (Å²) in [6, 6.07) is 3.96. The minimum atomic E-state index is 0.650. The lowest BCUT2D eigenvalue weighted by Crippen LogP contribution is -2.19. The molecule has 100 valence electrons. The summed E-state index contributed by atoms with van der Waals surface area (Å²) in [6.07, 6.45) is 5.51. The molecule has 0 aliphatic rings. The third-order valence-corrected chi connectivity index (χ3v) is 2.73. The summed E-state index contributed by atoms with van der Waals surface area (Å²) in [4.78, 5) is 13.0. The highest BCUT2D eigenvalue weighted by molar-refractivity contribution is 5.49. The molecule has 4 heteroatoms. The van der Waals surface area contributed by atoms with Crippen molar-refractivity contribution >= 4 is 0 Å². The molecule has 19 heavy (non-hydrogen) atoms. The van der Waals surface area contributed by atoms with E-state index in [1.165, 1.54) is 0 Å². The second kappa shape index (κ2) is 6.38. The molecule has 0 aliphatic carbocycles. The quantitative estimate of drug-likeness (QED) is 0.893. The van der Waals surface area contributed by atoms with Gasteiger partial charge in [-0.25, -0.2) is 9.97 Å². The Morgan fingerprint density at radius 3 is 2.53 bits per heavy atom. The molecule has 0 unspecified atom stereocenters. The largest absolute Gasteiger partial charge is 0.312 e. The number of aryl methyl sites for hydroxylation is 1. The maximum atomic E-state index is 4.37. The van der Waals surface area contributed by atoms with Crippen LogP contribution in [0.25, 0.3) is 11.5 Å². The van der Waals surface area contributed by atoms with Crippen molar-refractivity contribution in [3.8, 4) is 11.5 Å². The summed E-state index contributed by atoms with van der Waals surface area (Å²) in [5.41, 5.74) is 3.08. The highest BCUT2D eigenvalue weighted by Crippen LogP contribution is 2.12. The van der Waals surface area contributed by atoms with Gasteiger partial charge in [-0.2, -0.15) is 0 Å². The van der Waals surface area contributed by atoms with Crippen LogP contribution < -0.4 is 5.32 Å². The zero-order valence-corrected chi connectivity index (χ0v) is 11.7. The summed E-state index contributed by atoms with van der Waals surface area (Å²) in [6.45, 7) is 8.22. The monoisotopic (exact) mass is 256 g/mol. The van der Waals surface area contributed by atoms with Crippen molar-refractivity contribution in [2.24, 2.45) is 5.92 Å². The van der Waals surface area contributed by atoms with Crippen molar-refractivity contribution in [3.05, 3.63) is 41.9 Å². The van der Waals surface area contributed by atoms with Gasteiger partial charge in [-0.05, 0) is 37.1 Å². The fourth-order valence-corrected chi connectivity index (χ4v) is 1.74. The van der Waals surface area contributed by atoms with E-state index in [0.717, 1.165) is 29.9 Å². The molecule has 0 fully saturated rings. The van der Waals surface area contributed by atoms with Gasteiger partial charge in [0.1, 0.15) is 5.69 Å². The van der Waals surface area contributed by atoms with E-state index in [4.69, 9.17) is 0 Å². The Morgan fingerprint density at radius 1 is 1.16 bits per heavy atom. The zero-order valence-electron chi connectivity index (χ0n) is 11.7. The molecule has 4 nitrogen and oxygen atoms in total. The molecule has 0 atom stereocenters. The standard InChI is InChI=1S/C15H20N4/c1-11(2)7-16-8-13-9-18-15(19-10-13)14-6-12(3)4-5-17-14/h4-6,9-11,16H,7-8H2,1-3H3. The van der Waals surface area contributed by atoms with E-state index in [2.05, 4.69) is 34.1 Å². The highest BCUT2D eigenvalue weighted by atomic mass is 14.9. The summed E-state index contributed by atoms with van der Waals surface area (Å²) >= 11 is 0. The Bertz CT molecular complexity index is 520. The molecule has 0 aliphatic heterocycles. The maximum absolute atomic E-state index is 4.37. The molecule has 2 heterocycles. The van der Waals surface area contributed by atoms with Crippen LogP contribution in [-0.2, 0) is 6.54 Å². The molecular formula is C15H20N4. The van der Waals surface area contributed by atoms with Crippen LogP contribution in [0.5, 0.6) is 0 Å². The molecule has 0 radical (unpaired) electrons. The van der Waals surface area contributed by atoms with Crippen LogP contribution in [0.15, 0.2) is 30.7 Å². The minimum Gasteiger partial charge on any atom is -0.312 e. The lowest BCUT2D eigenvalue weighted by Gasteiger charge is -2.07. The average Bonchev–Trinajstić information content (AvgIpc) is 2.39. The van der Waals surface area contributed by atoms with Crippen molar-refractivity contribution in [3.63, 3.8) is 0 Å². The van der Waals surface area contributed by atoms with E-state index < -0.39 is 0 Å². The van der Waals surface area contributed by atoms with E-state index in [-0.39, 0.29) is 0 Å². The first-order valence-corrected chi connectivity index (χ1v) is 6.60. The van der Waals surface area contributed by atoms with Crippen molar-refractivity contribution < 1.29 is 0 Å². The minimum absolute atomic E-state index is 0.650. The van der Waals surface area contributed by atoms with Crippen LogP contribution >= 0.6 is 0 Å². The maximum Gasteiger partial charge on any atom is 0.178 e. The van der Waals surface area contributed by atoms with Crippen molar-refractivity contribution in [2.75, 3.05) is 6.54 Å². The van der Waals surface area contributed by atoms with Crippen LogP contribution in [-0.4, -0.2) is 21.5 Å². The lowest BCUT2D eigenvalue weighted by molar-refractivity contribution is 0.551. The molecule has 0 saturated heterocycles. The molecule has 0 saturated carbocycles. The summed E-state index contributed by atoms with van der Waals surface area (Å²) in [7, 11) is 0. The van der Waals surface area contributed by atoms with Crippen molar-refractivity contribution in [1.29, 1.82) is 0 Å². The van der Waals surface area contributed by atoms with E-state index in [0.29, 0.717) is 11.7 Å². The first-order chi connectivity index (χ1) is 9.15. The van der Waals surface area contributed by atoms with Gasteiger partial charge in [-0.3, -0.25) is 4.98 Å². The lowest BCUT2D eigenvalue weighted by atomic mass is 10.2. The smallest absolute Gasteiger partial charge is 0.178 e. The zero-order chi connectivity index (χ0) is 13.7. The Kier molecular flexibility index (Phi) is 4.58. The van der Waals surface area contributed by atoms with Crippen LogP contribution in [0.1, 0.15) is 25.0 Å². The number of aromatic nitrogens is 3. The predicted molar refractivity (Wildman–Crippen MR) is 76.5 cm³/mol. The van der Waals surface area contributed by atoms with E-state index in [1.54, 1.807) is 6.20 Å². The molecule has 0 spiro atoms. The molecule has 1 N–H and O–H groups in total. The average molecular weight is 256 g/mol. The molecular weight excluding hydrogens is 236 g/mol. The van der Waals surface area contributed by atoms with Gasteiger partial charge in [-0.15, -0.1) is 0 Å². The summed E-state index contributed by atoms with van der Waals surface area (Å²) in [5, 5.41) is 3.37. The Balaban J connectivity index is 2.02. The number of hydrogen-bond donors (Lipinski definition) is 1. The molecule has 0 amide bonds. The van der Waals surface area contributed by atoms with Crippen molar-refractivity contribution in [2.45, 2.75) is 27.3 Å². The second-order valence-corrected chi connectivity index (χ2v) is 5.16. The van der Waals surface area contributed by atoms with Crippen LogP contribution in [0.3, 0.4) is 0 Å². The van der Waals surface area contributed by atoms with Crippen LogP contribution in [0.2, 0.25) is 0 Å². The molecule has 0 bridgehead atoms. The molecule has 2 aromatic rings. The number of nitrogens with one attached hydrogen (secondary N) is 1. The van der Waals surface area contributed by atoms with Gasteiger partial charge in [0, 0.05) is 30.7 Å². The molecule has 0 aromatic carbocycles. The van der Waals surface area contributed by atoms with Crippen molar-refractivity contribution in [1.82, 2.24) is 20.3 Å². The Morgan fingerprint density at radius 2 is 1.89 bits per heavy atom. The third-order valence-electron chi connectivity index (χ3n) is 2.73. The van der Waals surface area contributed by atoms with E-state index in [9.17, 15) is 0 Å². The predicted octanol–water partition coefficient (Wildman–Crippen LogP) is 2.59. The van der Waals surface area contributed by atoms with Gasteiger partial charge in [0.05, 0.1) is 0 Å². The highest BCUT2D eigenvalue weighted by Gasteiger charge is 2.03. The summed E-state index contributed by atoms with van der Waals surface area (Å²) in [5.74, 6) is 1.33. The Labute approximate surface area is 114 Å². The van der Waals surface area contributed by atoms with Gasteiger partial charge >= 0.3 is 0 Å². The van der Waals surface area contributed by atoms with Gasteiger partial charge in [0.15, 0.2) is 5.82 Å². The second-order valence-electron chi connectivity index (χ2n) is 5.16. The van der Waals surface area contributed by atoms with Gasteiger partial charge in [0.2, 0.25) is 0 Å². The molecule has 2 aromatic heterocycles. The fourth-order valence-electron chi connectivity index (χ4n) is 1.74.